The summed E-state index contributed by atoms with van der Waals surface area (Å²) in [7, 11) is 0. The highest BCUT2D eigenvalue weighted by atomic mass is 32.1. The molecular formula is C12H25N3O2S. The van der Waals surface area contributed by atoms with Crippen molar-refractivity contribution >= 4 is 24.4 Å². The zero-order valence-electron chi connectivity index (χ0n) is 11.3. The summed E-state index contributed by atoms with van der Waals surface area (Å²) < 4.78 is 0. The highest BCUT2D eigenvalue weighted by Gasteiger charge is 2.47. The monoisotopic (exact) mass is 275 g/mol. The second-order valence-corrected chi connectivity index (χ2v) is 4.31. The fraction of sp³-hybridized carbons (Fsp3) is 0.833. The van der Waals surface area contributed by atoms with Crippen molar-refractivity contribution in [3.05, 3.63) is 0 Å². The van der Waals surface area contributed by atoms with Crippen LogP contribution >= 0.6 is 12.6 Å². The van der Waals surface area contributed by atoms with Gasteiger partial charge >= 0.3 is 0 Å². The molecule has 0 unspecified atom stereocenters. The minimum absolute atomic E-state index is 0.0108. The van der Waals surface area contributed by atoms with Crippen molar-refractivity contribution in [1.29, 1.82) is 0 Å². The minimum atomic E-state index is -0.519. The maximum absolute atomic E-state index is 11.2. The highest BCUT2D eigenvalue weighted by molar-refractivity contribution is 7.79. The van der Waals surface area contributed by atoms with E-state index in [4.69, 9.17) is 5.73 Å². The molecular weight excluding hydrogens is 250 g/mol. The van der Waals surface area contributed by atoms with Gasteiger partial charge in [-0.15, -0.1) is 0 Å². The Labute approximate surface area is 115 Å². The van der Waals surface area contributed by atoms with E-state index in [-0.39, 0.29) is 18.4 Å². The summed E-state index contributed by atoms with van der Waals surface area (Å²) in [6.45, 7) is 3.12. The molecule has 2 aliphatic rings. The lowest BCUT2D eigenvalue weighted by Gasteiger charge is -2.43. The van der Waals surface area contributed by atoms with Crippen molar-refractivity contribution in [2.24, 2.45) is 5.73 Å². The summed E-state index contributed by atoms with van der Waals surface area (Å²) >= 11 is 3.53. The van der Waals surface area contributed by atoms with Crippen LogP contribution in [0.4, 0.5) is 0 Å². The fourth-order valence-electron chi connectivity index (χ4n) is 1.78. The number of carbonyl (C=O) groups excluding carboxylic acids is 2. The van der Waals surface area contributed by atoms with Gasteiger partial charge in [0.1, 0.15) is 5.54 Å². The summed E-state index contributed by atoms with van der Waals surface area (Å²) in [5, 5.41) is 5.30. The topological polar surface area (TPSA) is 84.2 Å². The number of carbonyl (C=O) groups is 2. The number of nitrogens with one attached hydrogen (secondary N) is 2. The largest absolute Gasteiger partial charge is 0.345 e. The smallest absolute Gasteiger partial charge is 0.246 e. The van der Waals surface area contributed by atoms with Crippen molar-refractivity contribution in [1.82, 2.24) is 10.6 Å². The summed E-state index contributed by atoms with van der Waals surface area (Å²) in [6.07, 6.45) is 6.71. The minimum Gasteiger partial charge on any atom is -0.345 e. The Balaban J connectivity index is 0.000000354. The molecule has 106 valence electrons. The first kappa shape index (κ1) is 17.2. The van der Waals surface area contributed by atoms with Gasteiger partial charge in [0.15, 0.2) is 0 Å². The molecule has 6 heteroatoms. The number of amides is 2. The third kappa shape index (κ3) is 4.86. The molecule has 18 heavy (non-hydrogen) atoms. The van der Waals surface area contributed by atoms with Gasteiger partial charge in [-0.2, -0.15) is 12.6 Å². The highest BCUT2D eigenvalue weighted by Crippen LogP contribution is 2.32. The number of unbranched alkanes of at least 4 members (excludes halogenated alkanes) is 1. The van der Waals surface area contributed by atoms with Crippen LogP contribution < -0.4 is 16.4 Å². The van der Waals surface area contributed by atoms with Crippen LogP contribution in [-0.4, -0.2) is 36.7 Å². The molecule has 1 heterocycles. The molecule has 1 saturated heterocycles. The van der Waals surface area contributed by atoms with Crippen LogP contribution in [0.1, 0.15) is 39.0 Å². The first-order chi connectivity index (χ1) is 8.64. The number of rotatable bonds is 2. The van der Waals surface area contributed by atoms with Gasteiger partial charge in [0.2, 0.25) is 11.8 Å². The number of thiol groups is 1. The SMILES string of the molecule is CCCCN.CS.O=C1CNC(=O)C2(CCC2)N1. The molecule has 0 atom stereocenters. The zero-order chi connectivity index (χ0) is 14.0. The molecule has 1 saturated carbocycles. The van der Waals surface area contributed by atoms with Crippen LogP contribution in [0.5, 0.6) is 0 Å². The molecule has 0 aromatic heterocycles. The average Bonchev–Trinajstić information content (AvgIpc) is 2.35. The molecule has 0 aromatic carbocycles. The summed E-state index contributed by atoms with van der Waals surface area (Å²) in [6, 6.07) is 0. The summed E-state index contributed by atoms with van der Waals surface area (Å²) in [5.41, 5.74) is 4.62. The van der Waals surface area contributed by atoms with Crippen LogP contribution in [0.15, 0.2) is 0 Å². The van der Waals surface area contributed by atoms with Crippen molar-refractivity contribution < 1.29 is 9.59 Å². The third-order valence-corrected chi connectivity index (χ3v) is 2.99. The van der Waals surface area contributed by atoms with E-state index in [1.54, 1.807) is 6.26 Å². The Morgan fingerprint density at radius 2 is 1.94 bits per heavy atom. The summed E-state index contributed by atoms with van der Waals surface area (Å²) in [4.78, 5) is 22.1. The molecule has 2 rings (SSSR count). The van der Waals surface area contributed by atoms with Crippen LogP contribution in [0.3, 0.4) is 0 Å². The predicted octanol–water partition coefficient (Wildman–Crippen LogP) is 0.446. The van der Waals surface area contributed by atoms with E-state index >= 15 is 0 Å². The second kappa shape index (κ2) is 9.22. The molecule has 1 aliphatic heterocycles. The Bertz CT molecular complexity index is 266. The average molecular weight is 275 g/mol. The maximum atomic E-state index is 11.2. The first-order valence-electron chi connectivity index (χ1n) is 6.39. The lowest BCUT2D eigenvalue weighted by molar-refractivity contribution is -0.142. The van der Waals surface area contributed by atoms with Crippen molar-refractivity contribution in [2.75, 3.05) is 19.3 Å². The third-order valence-electron chi connectivity index (χ3n) is 2.99. The molecule has 5 nitrogen and oxygen atoms in total. The molecule has 1 aliphatic carbocycles. The quantitative estimate of drug-likeness (QED) is 0.552. The molecule has 1 spiro atoms. The molecule has 0 radical (unpaired) electrons. The Morgan fingerprint density at radius 1 is 1.33 bits per heavy atom. The van der Waals surface area contributed by atoms with Gasteiger partial charge in [-0.3, -0.25) is 9.59 Å². The molecule has 2 amide bonds. The van der Waals surface area contributed by atoms with E-state index in [1.165, 1.54) is 12.8 Å². The van der Waals surface area contributed by atoms with Gasteiger partial charge < -0.3 is 16.4 Å². The number of hydrogen-bond acceptors (Lipinski definition) is 4. The van der Waals surface area contributed by atoms with Crippen LogP contribution in [-0.2, 0) is 9.59 Å². The van der Waals surface area contributed by atoms with Gasteiger partial charge in [0.25, 0.3) is 0 Å². The Kier molecular flexibility index (Phi) is 8.83. The normalized spacial score (nSPS) is 19.3. The zero-order valence-corrected chi connectivity index (χ0v) is 12.2. The number of piperazine rings is 1. The predicted molar refractivity (Wildman–Crippen MR) is 76.6 cm³/mol. The standard InChI is InChI=1S/C7H10N2O2.C4H11N.CH4S/c10-5-4-8-6(11)7(9-5)2-1-3-7;1-2-3-4-5;1-2/h1-4H2,(H,8,11)(H,9,10);2-5H2,1H3;2H,1H3. The van der Waals surface area contributed by atoms with Gasteiger partial charge in [0.05, 0.1) is 6.54 Å². The van der Waals surface area contributed by atoms with Crippen LogP contribution in [0, 0.1) is 0 Å². The lowest BCUT2D eigenvalue weighted by Crippen LogP contribution is -2.68. The van der Waals surface area contributed by atoms with Gasteiger partial charge in [-0.25, -0.2) is 0 Å². The lowest BCUT2D eigenvalue weighted by atomic mass is 9.75. The van der Waals surface area contributed by atoms with Gasteiger partial charge in [-0.05, 0) is 38.5 Å². The van der Waals surface area contributed by atoms with E-state index < -0.39 is 5.54 Å². The van der Waals surface area contributed by atoms with Crippen molar-refractivity contribution in [3.63, 3.8) is 0 Å². The van der Waals surface area contributed by atoms with Crippen LogP contribution in [0.2, 0.25) is 0 Å². The van der Waals surface area contributed by atoms with E-state index in [0.29, 0.717) is 0 Å². The molecule has 2 fully saturated rings. The fourth-order valence-corrected chi connectivity index (χ4v) is 1.78. The Morgan fingerprint density at radius 3 is 2.22 bits per heavy atom. The van der Waals surface area contributed by atoms with E-state index in [1.807, 2.05) is 0 Å². The van der Waals surface area contributed by atoms with Crippen LogP contribution in [0.25, 0.3) is 0 Å². The summed E-state index contributed by atoms with van der Waals surface area (Å²) in [5.74, 6) is -0.0762. The van der Waals surface area contributed by atoms with Crippen molar-refractivity contribution in [3.8, 4) is 0 Å². The van der Waals surface area contributed by atoms with Crippen molar-refractivity contribution in [2.45, 2.75) is 44.6 Å². The van der Waals surface area contributed by atoms with E-state index in [9.17, 15) is 9.59 Å². The molecule has 4 N–H and O–H groups in total. The molecule has 0 aromatic rings. The van der Waals surface area contributed by atoms with E-state index in [0.717, 1.165) is 25.8 Å². The first-order valence-corrected chi connectivity index (χ1v) is 7.28. The van der Waals surface area contributed by atoms with E-state index in [2.05, 4.69) is 30.2 Å². The molecule has 0 bridgehead atoms. The number of nitrogens with two attached hydrogens (primary N) is 1. The Hall–Kier alpha value is -0.750. The van der Waals surface area contributed by atoms with Gasteiger partial charge in [-0.1, -0.05) is 13.3 Å². The van der Waals surface area contributed by atoms with Gasteiger partial charge in [0, 0.05) is 0 Å². The number of hydrogen-bond donors (Lipinski definition) is 4. The maximum Gasteiger partial charge on any atom is 0.246 e. The second-order valence-electron chi connectivity index (χ2n) is 4.31.